The van der Waals surface area contributed by atoms with Crippen LogP contribution >= 0.6 is 0 Å². The first kappa shape index (κ1) is 13.6. The van der Waals surface area contributed by atoms with Gasteiger partial charge in [0.25, 0.3) is 0 Å². The summed E-state index contributed by atoms with van der Waals surface area (Å²) < 4.78 is 11.2. The van der Waals surface area contributed by atoms with Crippen LogP contribution in [0.5, 0.6) is 0 Å². The highest BCUT2D eigenvalue weighted by atomic mass is 16.5. The molecule has 102 valence electrons. The minimum absolute atomic E-state index is 0.0528. The molecule has 1 aromatic rings. The summed E-state index contributed by atoms with van der Waals surface area (Å²) in [6, 6.07) is 4.05. The van der Waals surface area contributed by atoms with E-state index in [1.54, 1.807) is 0 Å². The Kier molecular flexibility index (Phi) is 4.43. The third-order valence-electron chi connectivity index (χ3n) is 4.02. The van der Waals surface area contributed by atoms with Gasteiger partial charge in [0, 0.05) is 25.3 Å². The number of hydrogen-bond donors (Lipinski definition) is 1. The average Bonchev–Trinajstić information content (AvgIpc) is 2.65. The zero-order chi connectivity index (χ0) is 13.0. The number of aryl methyl sites for hydroxylation is 1. The molecule has 0 aromatic carbocycles. The summed E-state index contributed by atoms with van der Waals surface area (Å²) in [5.74, 6) is 1.97. The molecule has 2 N–H and O–H groups in total. The Hall–Kier alpha value is -0.840. The molecule has 0 aliphatic carbocycles. The molecule has 1 atom stereocenters. The van der Waals surface area contributed by atoms with Gasteiger partial charge in [-0.25, -0.2) is 0 Å². The molecule has 0 bridgehead atoms. The Labute approximate surface area is 109 Å². The van der Waals surface area contributed by atoms with Gasteiger partial charge in [0.2, 0.25) is 0 Å². The topological polar surface area (TPSA) is 51.6 Å². The first-order valence-corrected chi connectivity index (χ1v) is 6.71. The van der Waals surface area contributed by atoms with Gasteiger partial charge < -0.3 is 14.9 Å². The van der Waals surface area contributed by atoms with Crippen LogP contribution in [0, 0.1) is 6.92 Å². The Morgan fingerprint density at radius 3 is 2.83 bits per heavy atom. The van der Waals surface area contributed by atoms with Crippen LogP contribution in [0.1, 0.15) is 30.8 Å². The minimum Gasteiger partial charge on any atom is -0.465 e. The molecule has 1 aliphatic rings. The predicted molar refractivity (Wildman–Crippen MR) is 71.4 cm³/mol. The molecule has 1 aliphatic heterocycles. The third kappa shape index (κ3) is 2.94. The molecule has 0 amide bonds. The molecule has 1 saturated heterocycles. The van der Waals surface area contributed by atoms with E-state index in [-0.39, 0.29) is 5.54 Å². The second-order valence-electron chi connectivity index (χ2n) is 5.26. The van der Waals surface area contributed by atoms with Crippen LogP contribution in [0.15, 0.2) is 16.5 Å². The Bertz CT molecular complexity index is 368. The lowest BCUT2D eigenvalue weighted by Crippen LogP contribution is -2.51. The Balaban J connectivity index is 2.06. The van der Waals surface area contributed by atoms with Gasteiger partial charge in [0.1, 0.15) is 11.5 Å². The van der Waals surface area contributed by atoms with Crippen LogP contribution in [0.4, 0.5) is 0 Å². The van der Waals surface area contributed by atoms with Crippen LogP contribution in [0.3, 0.4) is 0 Å². The maximum absolute atomic E-state index is 6.04. The van der Waals surface area contributed by atoms with Gasteiger partial charge in [-0.05, 0) is 45.4 Å². The van der Waals surface area contributed by atoms with E-state index >= 15 is 0 Å². The maximum Gasteiger partial charge on any atom is 0.118 e. The molecule has 0 spiro atoms. The number of hydrogen-bond acceptors (Lipinski definition) is 4. The molecular weight excluding hydrogens is 228 g/mol. The Morgan fingerprint density at radius 2 is 2.17 bits per heavy atom. The van der Waals surface area contributed by atoms with Crippen molar-refractivity contribution in [2.24, 2.45) is 5.73 Å². The van der Waals surface area contributed by atoms with E-state index in [2.05, 4.69) is 11.9 Å². The van der Waals surface area contributed by atoms with Crippen molar-refractivity contribution >= 4 is 0 Å². The molecular formula is C14H24N2O2. The van der Waals surface area contributed by atoms with Crippen molar-refractivity contribution in [1.82, 2.24) is 4.90 Å². The summed E-state index contributed by atoms with van der Waals surface area (Å²) >= 11 is 0. The van der Waals surface area contributed by atoms with E-state index in [1.807, 2.05) is 19.1 Å². The number of rotatable bonds is 4. The second-order valence-corrected chi connectivity index (χ2v) is 5.26. The normalized spacial score (nSPS) is 25.3. The number of furan rings is 1. The lowest BCUT2D eigenvalue weighted by Gasteiger charge is -2.40. The molecule has 0 saturated carbocycles. The summed E-state index contributed by atoms with van der Waals surface area (Å²) in [5.41, 5.74) is 6.09. The van der Waals surface area contributed by atoms with E-state index in [0.29, 0.717) is 6.54 Å². The van der Waals surface area contributed by atoms with E-state index in [0.717, 1.165) is 50.5 Å². The highest BCUT2D eigenvalue weighted by molar-refractivity contribution is 5.06. The van der Waals surface area contributed by atoms with Gasteiger partial charge >= 0.3 is 0 Å². The van der Waals surface area contributed by atoms with E-state index in [9.17, 15) is 0 Å². The van der Waals surface area contributed by atoms with Crippen LogP contribution in [-0.2, 0) is 11.3 Å². The maximum atomic E-state index is 6.04. The van der Waals surface area contributed by atoms with Crippen LogP contribution < -0.4 is 5.73 Å². The quantitative estimate of drug-likeness (QED) is 0.889. The smallest absolute Gasteiger partial charge is 0.118 e. The fraction of sp³-hybridized carbons (Fsp3) is 0.714. The van der Waals surface area contributed by atoms with E-state index in [4.69, 9.17) is 14.9 Å². The summed E-state index contributed by atoms with van der Waals surface area (Å²) in [7, 11) is 2.13. The highest BCUT2D eigenvalue weighted by Gasteiger charge is 2.34. The minimum atomic E-state index is 0.0528. The molecule has 1 aromatic heterocycles. The lowest BCUT2D eigenvalue weighted by molar-refractivity contribution is 0.0779. The fourth-order valence-corrected chi connectivity index (χ4v) is 2.71. The van der Waals surface area contributed by atoms with Crippen molar-refractivity contribution < 1.29 is 9.15 Å². The molecule has 0 radical (unpaired) electrons. The van der Waals surface area contributed by atoms with Gasteiger partial charge in [0.05, 0.1) is 6.54 Å². The highest BCUT2D eigenvalue weighted by Crippen LogP contribution is 2.28. The molecule has 2 rings (SSSR count). The fourth-order valence-electron chi connectivity index (χ4n) is 2.71. The Morgan fingerprint density at radius 1 is 1.33 bits per heavy atom. The van der Waals surface area contributed by atoms with Crippen molar-refractivity contribution in [3.8, 4) is 0 Å². The third-order valence-corrected chi connectivity index (χ3v) is 4.02. The van der Waals surface area contributed by atoms with Crippen molar-refractivity contribution in [3.63, 3.8) is 0 Å². The van der Waals surface area contributed by atoms with Gasteiger partial charge in [-0.2, -0.15) is 0 Å². The van der Waals surface area contributed by atoms with E-state index in [1.165, 1.54) is 0 Å². The number of ether oxygens (including phenoxy) is 1. The largest absolute Gasteiger partial charge is 0.465 e. The monoisotopic (exact) mass is 252 g/mol. The lowest BCUT2D eigenvalue weighted by atomic mass is 9.89. The molecule has 4 heteroatoms. The summed E-state index contributed by atoms with van der Waals surface area (Å²) in [6.07, 6.45) is 3.18. The van der Waals surface area contributed by atoms with Crippen molar-refractivity contribution in [2.75, 3.05) is 26.8 Å². The van der Waals surface area contributed by atoms with Gasteiger partial charge in [-0.1, -0.05) is 0 Å². The van der Waals surface area contributed by atoms with Crippen LogP contribution in [-0.4, -0.2) is 37.2 Å². The number of likely N-dealkylation sites (N-methyl/N-ethyl adjacent to an activating group) is 1. The van der Waals surface area contributed by atoms with Gasteiger partial charge in [0.15, 0.2) is 0 Å². The number of nitrogens with zero attached hydrogens (tertiary/aromatic N) is 1. The summed E-state index contributed by atoms with van der Waals surface area (Å²) in [6.45, 7) is 5.12. The number of nitrogens with two attached hydrogens (primary N) is 1. The van der Waals surface area contributed by atoms with Crippen molar-refractivity contribution in [3.05, 3.63) is 23.7 Å². The first-order chi connectivity index (χ1) is 8.66. The SMILES string of the molecule is Cc1ccc(CN(C)C2(CN)CCCOCC2)o1. The van der Waals surface area contributed by atoms with Crippen LogP contribution in [0.2, 0.25) is 0 Å². The molecule has 4 nitrogen and oxygen atoms in total. The van der Waals surface area contributed by atoms with Crippen LogP contribution in [0.25, 0.3) is 0 Å². The van der Waals surface area contributed by atoms with Gasteiger partial charge in [-0.3, -0.25) is 4.90 Å². The summed E-state index contributed by atoms with van der Waals surface area (Å²) in [5, 5.41) is 0. The second kappa shape index (κ2) is 5.87. The zero-order valence-electron chi connectivity index (χ0n) is 11.4. The predicted octanol–water partition coefficient (Wildman–Crippen LogP) is 1.92. The molecule has 2 heterocycles. The van der Waals surface area contributed by atoms with Gasteiger partial charge in [-0.15, -0.1) is 0 Å². The molecule has 1 fully saturated rings. The molecule has 18 heavy (non-hydrogen) atoms. The van der Waals surface area contributed by atoms with E-state index < -0.39 is 0 Å². The van der Waals surface area contributed by atoms with Crippen molar-refractivity contribution in [1.29, 1.82) is 0 Å². The summed E-state index contributed by atoms with van der Waals surface area (Å²) in [4.78, 5) is 2.33. The average molecular weight is 252 g/mol. The first-order valence-electron chi connectivity index (χ1n) is 6.71. The van der Waals surface area contributed by atoms with Crippen molar-refractivity contribution in [2.45, 2.75) is 38.3 Å². The molecule has 1 unspecified atom stereocenters. The standard InChI is InChI=1S/C14H24N2O2/c1-12-4-5-13(18-12)10-16(2)14(11-15)6-3-8-17-9-7-14/h4-5H,3,6-11,15H2,1-2H3. The zero-order valence-corrected chi connectivity index (χ0v) is 11.4.